The molecule has 0 aliphatic carbocycles. The fourth-order valence-corrected chi connectivity index (χ4v) is 4.79. The molecule has 2 fully saturated rings. The molecule has 1 N–H and O–H groups in total. The zero-order valence-electron chi connectivity index (χ0n) is 11.6. The van der Waals surface area contributed by atoms with Gasteiger partial charge in [-0.2, -0.15) is 0 Å². The maximum atomic E-state index is 12.9. The van der Waals surface area contributed by atoms with Crippen LogP contribution in [0.25, 0.3) is 0 Å². The van der Waals surface area contributed by atoms with Crippen molar-refractivity contribution in [1.82, 2.24) is 10.2 Å². The summed E-state index contributed by atoms with van der Waals surface area (Å²) in [6.45, 7) is 3.46. The van der Waals surface area contributed by atoms with Crippen LogP contribution in [0.15, 0.2) is 6.07 Å². The Kier molecular flexibility index (Phi) is 3.28. The van der Waals surface area contributed by atoms with Gasteiger partial charge in [-0.15, -0.1) is 11.3 Å². The van der Waals surface area contributed by atoms with Crippen LogP contribution < -0.4 is 5.32 Å². The number of fused-ring (bicyclic) bond motifs is 3. The van der Waals surface area contributed by atoms with Gasteiger partial charge in [-0.25, -0.2) is 0 Å². The van der Waals surface area contributed by atoms with E-state index in [1.807, 2.05) is 0 Å². The summed E-state index contributed by atoms with van der Waals surface area (Å²) in [4.78, 5) is 17.3. The van der Waals surface area contributed by atoms with Gasteiger partial charge in [-0.1, -0.05) is 0 Å². The third kappa shape index (κ3) is 2.08. The molecule has 2 bridgehead atoms. The van der Waals surface area contributed by atoms with Crippen LogP contribution in [0.4, 0.5) is 0 Å². The van der Waals surface area contributed by atoms with Gasteiger partial charge >= 0.3 is 0 Å². The van der Waals surface area contributed by atoms with Crippen molar-refractivity contribution >= 4 is 17.2 Å². The number of carbonyl (C=O) groups is 1. The number of carbonyl (C=O) groups excluding carboxylic acids is 1. The number of rotatable bonds is 1. The van der Waals surface area contributed by atoms with Crippen LogP contribution >= 0.6 is 11.3 Å². The van der Waals surface area contributed by atoms with Crippen LogP contribution in [0, 0.1) is 0 Å². The fourth-order valence-electron chi connectivity index (χ4n) is 3.69. The molecule has 3 aliphatic rings. The number of hydrogen-bond acceptors (Lipinski definition) is 4. The number of hydrogen-bond donors (Lipinski definition) is 1. The lowest BCUT2D eigenvalue weighted by Gasteiger charge is -2.27. The van der Waals surface area contributed by atoms with E-state index in [2.05, 4.69) is 16.3 Å². The third-order valence-corrected chi connectivity index (χ3v) is 5.95. The second kappa shape index (κ2) is 5.13. The highest BCUT2D eigenvalue weighted by Gasteiger charge is 2.39. The van der Waals surface area contributed by atoms with E-state index in [1.165, 1.54) is 16.9 Å². The van der Waals surface area contributed by atoms with E-state index < -0.39 is 0 Å². The average molecular weight is 292 g/mol. The molecule has 20 heavy (non-hydrogen) atoms. The van der Waals surface area contributed by atoms with Crippen LogP contribution in [0.2, 0.25) is 0 Å². The molecule has 1 aromatic heterocycles. The molecule has 0 radical (unpaired) electrons. The molecule has 2 saturated heterocycles. The Morgan fingerprint density at radius 2 is 2.25 bits per heavy atom. The lowest BCUT2D eigenvalue weighted by atomic mass is 10.1. The van der Waals surface area contributed by atoms with Gasteiger partial charge in [0.05, 0.1) is 18.1 Å². The molecule has 4 rings (SSSR count). The monoisotopic (exact) mass is 292 g/mol. The minimum Gasteiger partial charge on any atom is -0.376 e. The van der Waals surface area contributed by atoms with E-state index in [4.69, 9.17) is 4.74 Å². The minimum absolute atomic E-state index is 0.251. The van der Waals surface area contributed by atoms with Gasteiger partial charge in [-0.05, 0) is 37.4 Å². The highest BCUT2D eigenvalue weighted by Crippen LogP contribution is 2.33. The lowest BCUT2D eigenvalue weighted by molar-refractivity contribution is 0.0685. The fraction of sp³-hybridized carbons (Fsp3) is 0.667. The van der Waals surface area contributed by atoms with Gasteiger partial charge in [0.2, 0.25) is 0 Å². The molecular weight excluding hydrogens is 272 g/mol. The quantitative estimate of drug-likeness (QED) is 0.858. The maximum Gasteiger partial charge on any atom is 0.264 e. The summed E-state index contributed by atoms with van der Waals surface area (Å²) in [7, 11) is 0. The number of nitrogens with zero attached hydrogens (tertiary/aromatic N) is 1. The van der Waals surface area contributed by atoms with E-state index in [9.17, 15) is 4.79 Å². The van der Waals surface area contributed by atoms with Gasteiger partial charge in [0, 0.05) is 29.9 Å². The Labute approximate surface area is 123 Å². The van der Waals surface area contributed by atoms with E-state index in [0.29, 0.717) is 18.7 Å². The Morgan fingerprint density at radius 3 is 3.15 bits per heavy atom. The van der Waals surface area contributed by atoms with Crippen LogP contribution in [0.1, 0.15) is 39.4 Å². The van der Waals surface area contributed by atoms with Crippen molar-refractivity contribution < 1.29 is 9.53 Å². The zero-order valence-corrected chi connectivity index (χ0v) is 12.4. The van der Waals surface area contributed by atoms with Crippen molar-refractivity contribution in [3.63, 3.8) is 0 Å². The topological polar surface area (TPSA) is 41.6 Å². The molecule has 1 amide bonds. The zero-order chi connectivity index (χ0) is 13.5. The predicted molar refractivity (Wildman–Crippen MR) is 78.1 cm³/mol. The van der Waals surface area contributed by atoms with E-state index in [1.54, 1.807) is 11.3 Å². The molecule has 4 heterocycles. The van der Waals surface area contributed by atoms with Gasteiger partial charge < -0.3 is 15.0 Å². The first-order chi connectivity index (χ1) is 9.83. The smallest absolute Gasteiger partial charge is 0.264 e. The average Bonchev–Trinajstić information content (AvgIpc) is 2.98. The molecule has 3 aliphatic heterocycles. The number of amides is 1. The van der Waals surface area contributed by atoms with Crippen molar-refractivity contribution in [3.05, 3.63) is 21.4 Å². The third-order valence-electron chi connectivity index (χ3n) is 4.73. The standard InChI is InChI=1S/C15H20N2O2S/c18-15(14-7-10-9-19-6-4-13(10)20-14)17-11-1-2-12(17)8-16-5-3-11/h7,11-12,16H,1-6,8-9H2. The van der Waals surface area contributed by atoms with Gasteiger partial charge in [-0.3, -0.25) is 4.79 Å². The molecular formula is C15H20N2O2S. The van der Waals surface area contributed by atoms with Crippen molar-refractivity contribution in [1.29, 1.82) is 0 Å². The number of thiophene rings is 1. The SMILES string of the molecule is O=C(c1cc2c(s1)CCOC2)N1C2CCNCC1CC2. The Bertz CT molecular complexity index is 490. The van der Waals surface area contributed by atoms with Crippen LogP contribution in [-0.2, 0) is 17.8 Å². The first kappa shape index (κ1) is 12.8. The predicted octanol–water partition coefficient (Wildman–Crippen LogP) is 1.79. The Balaban J connectivity index is 1.61. The van der Waals surface area contributed by atoms with Crippen molar-refractivity contribution in [3.8, 4) is 0 Å². The number of nitrogens with one attached hydrogen (secondary N) is 1. The summed E-state index contributed by atoms with van der Waals surface area (Å²) in [6, 6.07) is 2.91. The van der Waals surface area contributed by atoms with Crippen molar-refractivity contribution in [2.75, 3.05) is 19.7 Å². The molecule has 0 aromatic carbocycles. The van der Waals surface area contributed by atoms with E-state index in [0.717, 1.165) is 43.8 Å². The van der Waals surface area contributed by atoms with Crippen LogP contribution in [0.3, 0.4) is 0 Å². The summed E-state index contributed by atoms with van der Waals surface area (Å²) in [5.74, 6) is 0.251. The van der Waals surface area contributed by atoms with E-state index in [-0.39, 0.29) is 5.91 Å². The molecule has 1 aromatic rings. The first-order valence-corrected chi connectivity index (χ1v) is 8.37. The summed E-state index contributed by atoms with van der Waals surface area (Å²) in [5, 5.41) is 3.45. The summed E-state index contributed by atoms with van der Waals surface area (Å²) in [6.07, 6.45) is 4.38. The Morgan fingerprint density at radius 1 is 1.35 bits per heavy atom. The summed E-state index contributed by atoms with van der Waals surface area (Å²) in [5.41, 5.74) is 1.23. The largest absolute Gasteiger partial charge is 0.376 e. The minimum atomic E-state index is 0.251. The maximum absolute atomic E-state index is 12.9. The molecule has 0 saturated carbocycles. The summed E-state index contributed by atoms with van der Waals surface area (Å²) < 4.78 is 5.48. The summed E-state index contributed by atoms with van der Waals surface area (Å²) >= 11 is 1.68. The molecule has 2 atom stereocenters. The molecule has 108 valence electrons. The molecule has 2 unspecified atom stereocenters. The molecule has 4 nitrogen and oxygen atoms in total. The lowest BCUT2D eigenvalue weighted by Crippen LogP contribution is -2.42. The first-order valence-electron chi connectivity index (χ1n) is 7.55. The van der Waals surface area contributed by atoms with Crippen molar-refractivity contribution in [2.45, 2.75) is 44.4 Å². The van der Waals surface area contributed by atoms with Crippen molar-refractivity contribution in [2.24, 2.45) is 0 Å². The van der Waals surface area contributed by atoms with Gasteiger partial charge in [0.1, 0.15) is 0 Å². The van der Waals surface area contributed by atoms with Gasteiger partial charge in [0.15, 0.2) is 0 Å². The van der Waals surface area contributed by atoms with Crippen LogP contribution in [-0.4, -0.2) is 42.6 Å². The van der Waals surface area contributed by atoms with E-state index >= 15 is 0 Å². The molecule has 5 heteroatoms. The second-order valence-electron chi connectivity index (χ2n) is 5.95. The van der Waals surface area contributed by atoms with Crippen LogP contribution in [0.5, 0.6) is 0 Å². The second-order valence-corrected chi connectivity index (χ2v) is 7.09. The molecule has 0 spiro atoms. The normalized spacial score (nSPS) is 29.1. The Hall–Kier alpha value is -0.910. The highest BCUT2D eigenvalue weighted by atomic mass is 32.1. The highest BCUT2D eigenvalue weighted by molar-refractivity contribution is 7.14. The number of ether oxygens (including phenoxy) is 1. The van der Waals surface area contributed by atoms with Gasteiger partial charge in [0.25, 0.3) is 5.91 Å².